The van der Waals surface area contributed by atoms with E-state index in [1.54, 1.807) is 24.3 Å². The lowest BCUT2D eigenvalue weighted by Crippen LogP contribution is -2.08. The van der Waals surface area contributed by atoms with E-state index < -0.39 is 17.5 Å². The molecule has 0 bridgehead atoms. The van der Waals surface area contributed by atoms with Crippen molar-refractivity contribution in [2.45, 2.75) is 6.18 Å². The third-order valence-electron chi connectivity index (χ3n) is 3.16. The maximum absolute atomic E-state index is 12.7. The van der Waals surface area contributed by atoms with Crippen LogP contribution in [0.5, 0.6) is 0 Å². The zero-order chi connectivity index (χ0) is 17.3. The van der Waals surface area contributed by atoms with Crippen molar-refractivity contribution in [1.29, 1.82) is 0 Å². The number of aromatic nitrogens is 2. The first-order chi connectivity index (χ1) is 11.3. The van der Waals surface area contributed by atoms with E-state index in [2.05, 4.69) is 10.2 Å². The van der Waals surface area contributed by atoms with Crippen LogP contribution in [0.25, 0.3) is 11.5 Å². The van der Waals surface area contributed by atoms with Crippen LogP contribution in [0.15, 0.2) is 52.9 Å². The molecule has 0 spiro atoms. The van der Waals surface area contributed by atoms with Crippen LogP contribution in [0.3, 0.4) is 0 Å². The molecule has 0 radical (unpaired) electrons. The highest BCUT2D eigenvalue weighted by Crippen LogP contribution is 2.30. The largest absolute Gasteiger partial charge is 0.416 e. The molecule has 2 aromatic carbocycles. The Kier molecular flexibility index (Phi) is 4.11. The van der Waals surface area contributed by atoms with Gasteiger partial charge in [-0.25, -0.2) is 0 Å². The summed E-state index contributed by atoms with van der Waals surface area (Å²) in [4.78, 5) is 12.2. The van der Waals surface area contributed by atoms with Crippen molar-refractivity contribution in [3.63, 3.8) is 0 Å². The van der Waals surface area contributed by atoms with Crippen LogP contribution in [-0.2, 0) is 6.18 Å². The number of benzene rings is 2. The third-order valence-corrected chi connectivity index (χ3v) is 3.41. The zero-order valence-corrected chi connectivity index (χ0v) is 12.6. The minimum atomic E-state index is -4.54. The van der Waals surface area contributed by atoms with Crippen LogP contribution in [0.1, 0.15) is 21.8 Å². The molecule has 0 atom stereocenters. The molecule has 0 saturated carbocycles. The minimum Gasteiger partial charge on any atom is -0.413 e. The van der Waals surface area contributed by atoms with Gasteiger partial charge in [0.15, 0.2) is 0 Å². The number of carbonyl (C=O) groups is 1. The van der Waals surface area contributed by atoms with Crippen LogP contribution < -0.4 is 0 Å². The van der Waals surface area contributed by atoms with Crippen molar-refractivity contribution in [2.24, 2.45) is 0 Å². The van der Waals surface area contributed by atoms with Gasteiger partial charge < -0.3 is 4.42 Å². The Morgan fingerprint density at radius 3 is 2.42 bits per heavy atom. The lowest BCUT2D eigenvalue weighted by molar-refractivity contribution is -0.137. The van der Waals surface area contributed by atoms with Gasteiger partial charge in [0, 0.05) is 16.1 Å². The van der Waals surface area contributed by atoms with E-state index in [-0.39, 0.29) is 17.3 Å². The van der Waals surface area contributed by atoms with Gasteiger partial charge in [-0.1, -0.05) is 23.7 Å². The molecule has 4 nitrogen and oxygen atoms in total. The number of ketones is 1. The van der Waals surface area contributed by atoms with Crippen molar-refractivity contribution in [1.82, 2.24) is 10.2 Å². The summed E-state index contributed by atoms with van der Waals surface area (Å²) in [5.41, 5.74) is -0.572. The van der Waals surface area contributed by atoms with E-state index in [1.165, 1.54) is 6.07 Å². The Balaban J connectivity index is 1.90. The number of nitrogens with zero attached hydrogens (tertiary/aromatic N) is 2. The van der Waals surface area contributed by atoms with Crippen LogP contribution >= 0.6 is 11.6 Å². The molecule has 0 unspecified atom stereocenters. The molecule has 0 N–H and O–H groups in total. The van der Waals surface area contributed by atoms with Crippen molar-refractivity contribution < 1.29 is 22.4 Å². The van der Waals surface area contributed by atoms with E-state index in [4.69, 9.17) is 16.0 Å². The highest BCUT2D eigenvalue weighted by molar-refractivity contribution is 6.30. The predicted octanol–water partition coefficient (Wildman–Crippen LogP) is 4.64. The number of alkyl halides is 3. The fourth-order valence-electron chi connectivity index (χ4n) is 1.98. The van der Waals surface area contributed by atoms with Crippen LogP contribution in [0.4, 0.5) is 13.2 Å². The van der Waals surface area contributed by atoms with Gasteiger partial charge in [-0.15, -0.1) is 10.2 Å². The zero-order valence-electron chi connectivity index (χ0n) is 11.8. The number of rotatable bonds is 3. The summed E-state index contributed by atoms with van der Waals surface area (Å²) in [6.07, 6.45) is -4.54. The van der Waals surface area contributed by atoms with E-state index in [1.807, 2.05) is 0 Å². The highest BCUT2D eigenvalue weighted by Gasteiger charge is 2.31. The number of hydrogen-bond donors (Lipinski definition) is 0. The maximum atomic E-state index is 12.7. The minimum absolute atomic E-state index is 0.0713. The topological polar surface area (TPSA) is 56.0 Å². The molecule has 24 heavy (non-hydrogen) atoms. The summed E-state index contributed by atoms with van der Waals surface area (Å²) in [5.74, 6) is -1.10. The van der Waals surface area contributed by atoms with Gasteiger partial charge in [0.2, 0.25) is 11.7 Å². The first-order valence-electron chi connectivity index (χ1n) is 6.66. The van der Waals surface area contributed by atoms with Crippen molar-refractivity contribution in [2.75, 3.05) is 0 Å². The van der Waals surface area contributed by atoms with Gasteiger partial charge in [-0.2, -0.15) is 13.2 Å². The molecule has 0 fully saturated rings. The molecule has 0 aliphatic carbocycles. The number of hydrogen-bond acceptors (Lipinski definition) is 4. The first-order valence-corrected chi connectivity index (χ1v) is 7.04. The van der Waals surface area contributed by atoms with Gasteiger partial charge in [0.25, 0.3) is 5.89 Å². The fraction of sp³-hybridized carbons (Fsp3) is 0.0625. The Hall–Kier alpha value is -2.67. The first kappa shape index (κ1) is 16.2. The predicted molar refractivity (Wildman–Crippen MR) is 79.6 cm³/mol. The summed E-state index contributed by atoms with van der Waals surface area (Å²) in [7, 11) is 0. The lowest BCUT2D eigenvalue weighted by atomic mass is 10.1. The van der Waals surface area contributed by atoms with E-state index in [0.717, 1.165) is 18.2 Å². The van der Waals surface area contributed by atoms with Gasteiger partial charge in [0.05, 0.1) is 5.56 Å². The summed E-state index contributed by atoms with van der Waals surface area (Å²) >= 11 is 5.77. The Morgan fingerprint density at radius 2 is 1.75 bits per heavy atom. The third kappa shape index (κ3) is 3.30. The fourth-order valence-corrected chi connectivity index (χ4v) is 2.11. The summed E-state index contributed by atoms with van der Waals surface area (Å²) < 4.78 is 43.4. The van der Waals surface area contributed by atoms with Gasteiger partial charge in [0.1, 0.15) is 0 Å². The van der Waals surface area contributed by atoms with Crippen molar-refractivity contribution >= 4 is 17.4 Å². The molecule has 1 aromatic heterocycles. The Labute approximate surface area is 138 Å². The van der Waals surface area contributed by atoms with E-state index in [0.29, 0.717) is 10.6 Å². The van der Waals surface area contributed by atoms with Crippen LogP contribution in [-0.4, -0.2) is 16.0 Å². The molecule has 0 aliphatic heterocycles. The Bertz CT molecular complexity index is 889. The van der Waals surface area contributed by atoms with Gasteiger partial charge >= 0.3 is 6.18 Å². The van der Waals surface area contributed by atoms with Crippen molar-refractivity contribution in [3.8, 4) is 11.5 Å². The van der Waals surface area contributed by atoms with Crippen LogP contribution in [0, 0.1) is 0 Å². The summed E-state index contributed by atoms with van der Waals surface area (Å²) in [6, 6.07) is 10.5. The molecular weight excluding hydrogens is 345 g/mol. The quantitative estimate of drug-likeness (QED) is 0.644. The lowest BCUT2D eigenvalue weighted by Gasteiger charge is -2.06. The standard InChI is InChI=1S/C16H8ClF3N2O2/c17-12-6-4-9(5-7-12)14-21-22-15(24-14)13(23)10-2-1-3-11(8-10)16(18,19)20/h1-8H. The molecule has 0 amide bonds. The van der Waals surface area contributed by atoms with E-state index in [9.17, 15) is 18.0 Å². The molecule has 0 aliphatic rings. The normalized spacial score (nSPS) is 11.5. The monoisotopic (exact) mass is 352 g/mol. The molecule has 3 rings (SSSR count). The SMILES string of the molecule is O=C(c1cccc(C(F)(F)F)c1)c1nnc(-c2ccc(Cl)cc2)o1. The van der Waals surface area contributed by atoms with Gasteiger partial charge in [-0.3, -0.25) is 4.79 Å². The molecule has 3 aromatic rings. The summed E-state index contributed by atoms with van der Waals surface area (Å²) in [5, 5.41) is 7.85. The van der Waals surface area contributed by atoms with Gasteiger partial charge in [-0.05, 0) is 36.4 Å². The average Bonchev–Trinajstić information content (AvgIpc) is 3.04. The maximum Gasteiger partial charge on any atom is 0.416 e. The summed E-state index contributed by atoms with van der Waals surface area (Å²) in [6.45, 7) is 0. The molecule has 8 heteroatoms. The smallest absolute Gasteiger partial charge is 0.413 e. The van der Waals surface area contributed by atoms with Crippen molar-refractivity contribution in [3.05, 3.63) is 70.6 Å². The number of halogens is 4. The molecule has 122 valence electrons. The highest BCUT2D eigenvalue weighted by atomic mass is 35.5. The second-order valence-electron chi connectivity index (χ2n) is 4.83. The second kappa shape index (κ2) is 6.09. The van der Waals surface area contributed by atoms with Crippen LogP contribution in [0.2, 0.25) is 5.02 Å². The average molecular weight is 353 g/mol. The van der Waals surface area contributed by atoms with E-state index >= 15 is 0 Å². The Morgan fingerprint density at radius 1 is 1.04 bits per heavy atom. The second-order valence-corrected chi connectivity index (χ2v) is 5.26. The molecule has 0 saturated heterocycles. The molecular formula is C16H8ClF3N2O2. The molecule has 1 heterocycles. The number of carbonyl (C=O) groups excluding carboxylic acids is 1.